The van der Waals surface area contributed by atoms with Crippen LogP contribution in [-0.4, -0.2) is 21.7 Å². The van der Waals surface area contributed by atoms with E-state index in [2.05, 4.69) is 15.3 Å². The van der Waals surface area contributed by atoms with Crippen LogP contribution in [0.1, 0.15) is 37.5 Å². The van der Waals surface area contributed by atoms with Gasteiger partial charge < -0.3 is 5.32 Å². The third kappa shape index (κ3) is 4.83. The quantitative estimate of drug-likeness (QED) is 0.258. The number of carbonyl (C=O) groups is 2. The number of rotatable bonds is 4. The molecule has 4 aromatic rings. The molecule has 0 aliphatic heterocycles. The molecule has 1 aromatic heterocycles. The number of amides is 1. The van der Waals surface area contributed by atoms with Gasteiger partial charge in [0.2, 0.25) is 0 Å². The Balaban J connectivity index is 1.66. The maximum absolute atomic E-state index is 15.1. The lowest BCUT2D eigenvalue weighted by Gasteiger charge is -2.12. The van der Waals surface area contributed by atoms with Gasteiger partial charge in [-0.1, -0.05) is 11.6 Å². The predicted molar refractivity (Wildman–Crippen MR) is 118 cm³/mol. The Labute approximate surface area is 199 Å². The first kappa shape index (κ1) is 24.2. The lowest BCUT2D eigenvalue weighted by Crippen LogP contribution is -2.16. The molecule has 0 unspecified atom stereocenters. The van der Waals surface area contributed by atoms with Crippen molar-refractivity contribution in [3.63, 3.8) is 0 Å². The first-order valence-corrected chi connectivity index (χ1v) is 10.3. The molecule has 3 aromatic carbocycles. The topological polar surface area (TPSA) is 72.0 Å². The highest BCUT2D eigenvalue weighted by molar-refractivity contribution is 6.32. The van der Waals surface area contributed by atoms with Gasteiger partial charge in [0.25, 0.3) is 5.91 Å². The van der Waals surface area contributed by atoms with E-state index in [1.54, 1.807) is 6.92 Å². The summed E-state index contributed by atoms with van der Waals surface area (Å²) in [6, 6.07) is 8.06. The van der Waals surface area contributed by atoms with Crippen LogP contribution < -0.4 is 5.32 Å². The van der Waals surface area contributed by atoms with Gasteiger partial charge in [-0.15, -0.1) is 0 Å². The molecule has 11 heteroatoms. The highest BCUT2D eigenvalue weighted by Gasteiger charge is 2.33. The lowest BCUT2D eigenvalue weighted by molar-refractivity contribution is -0.137. The highest BCUT2D eigenvalue weighted by Crippen LogP contribution is 2.35. The molecule has 1 amide bonds. The minimum absolute atomic E-state index is 0.0619. The van der Waals surface area contributed by atoms with Crippen LogP contribution in [0.5, 0.6) is 0 Å². The molecule has 4 rings (SSSR count). The first-order valence-electron chi connectivity index (χ1n) is 9.90. The van der Waals surface area contributed by atoms with E-state index < -0.39 is 51.3 Å². The van der Waals surface area contributed by atoms with Crippen molar-refractivity contribution in [1.29, 1.82) is 0 Å². The van der Waals surface area contributed by atoms with Crippen LogP contribution in [0.2, 0.25) is 5.02 Å². The molecular formula is C24H13ClF5N3O2. The van der Waals surface area contributed by atoms with Crippen molar-refractivity contribution in [2.75, 3.05) is 5.32 Å². The number of benzene rings is 3. The van der Waals surface area contributed by atoms with Crippen molar-refractivity contribution in [1.82, 2.24) is 9.97 Å². The zero-order valence-electron chi connectivity index (χ0n) is 17.7. The Kier molecular flexibility index (Phi) is 6.25. The summed E-state index contributed by atoms with van der Waals surface area (Å²) in [5.74, 6) is -4.53. The van der Waals surface area contributed by atoms with Crippen LogP contribution in [-0.2, 0) is 6.18 Å². The van der Waals surface area contributed by atoms with Crippen molar-refractivity contribution in [3.8, 4) is 0 Å². The van der Waals surface area contributed by atoms with Gasteiger partial charge in [-0.05, 0) is 55.5 Å². The third-order valence-electron chi connectivity index (χ3n) is 5.03. The predicted octanol–water partition coefficient (Wildman–Crippen LogP) is 6.37. The Morgan fingerprint density at radius 1 is 0.943 bits per heavy atom. The van der Waals surface area contributed by atoms with Gasteiger partial charge in [-0.3, -0.25) is 14.6 Å². The fourth-order valence-corrected chi connectivity index (χ4v) is 3.62. The maximum Gasteiger partial charge on any atom is 0.417 e. The number of nitrogens with zero attached hydrogens (tertiary/aromatic N) is 2. The van der Waals surface area contributed by atoms with E-state index in [1.807, 2.05) is 0 Å². The van der Waals surface area contributed by atoms with Crippen molar-refractivity contribution in [3.05, 3.63) is 99.3 Å². The summed E-state index contributed by atoms with van der Waals surface area (Å²) in [5, 5.41) is 1.40. The standard InChI is InChI=1S/C24H13ClF5N3O2/c1-11-10-31-17-6-3-12(9-19(17)32-11)22(34)20-16(26)5-7-18(21(20)27)33-23(35)13-2-4-14(15(25)8-13)24(28,29)30/h2-10H,1H3,(H,33,35). The van der Waals surface area contributed by atoms with Crippen LogP contribution in [0.3, 0.4) is 0 Å². The lowest BCUT2D eigenvalue weighted by atomic mass is 10.0. The summed E-state index contributed by atoms with van der Waals surface area (Å²) < 4.78 is 68.3. The summed E-state index contributed by atoms with van der Waals surface area (Å²) in [7, 11) is 0. The van der Waals surface area contributed by atoms with Gasteiger partial charge in [0.05, 0.1) is 38.6 Å². The number of carbonyl (C=O) groups excluding carboxylic acids is 2. The van der Waals surface area contributed by atoms with Crippen LogP contribution in [0.25, 0.3) is 11.0 Å². The Morgan fingerprint density at radius 3 is 2.34 bits per heavy atom. The summed E-state index contributed by atoms with van der Waals surface area (Å²) in [6.45, 7) is 1.69. The minimum atomic E-state index is -4.72. The van der Waals surface area contributed by atoms with Crippen LogP contribution >= 0.6 is 11.6 Å². The summed E-state index contributed by atoms with van der Waals surface area (Å²) in [6.07, 6.45) is -3.20. The van der Waals surface area contributed by atoms with E-state index in [9.17, 15) is 27.2 Å². The molecule has 0 saturated carbocycles. The second-order valence-electron chi connectivity index (χ2n) is 7.47. The van der Waals surface area contributed by atoms with Crippen molar-refractivity contribution >= 4 is 40.0 Å². The maximum atomic E-state index is 15.1. The molecule has 0 saturated heterocycles. The molecule has 178 valence electrons. The second-order valence-corrected chi connectivity index (χ2v) is 7.88. The fraction of sp³-hybridized carbons (Fsp3) is 0.0833. The number of ketones is 1. The fourth-order valence-electron chi connectivity index (χ4n) is 3.33. The summed E-state index contributed by atoms with van der Waals surface area (Å²) in [5.41, 5.74) is -1.58. The molecule has 0 radical (unpaired) electrons. The van der Waals surface area contributed by atoms with Crippen LogP contribution in [0.4, 0.5) is 27.6 Å². The molecule has 0 spiro atoms. The molecule has 0 aliphatic carbocycles. The third-order valence-corrected chi connectivity index (χ3v) is 5.34. The van der Waals surface area contributed by atoms with Crippen molar-refractivity contribution in [2.45, 2.75) is 13.1 Å². The van der Waals surface area contributed by atoms with Gasteiger partial charge in [-0.25, -0.2) is 13.8 Å². The second kappa shape index (κ2) is 9.03. The number of halogens is 6. The molecule has 0 aliphatic rings. The molecular weight excluding hydrogens is 493 g/mol. The number of hydrogen-bond acceptors (Lipinski definition) is 4. The van der Waals surface area contributed by atoms with Gasteiger partial charge in [0, 0.05) is 17.3 Å². The van der Waals surface area contributed by atoms with E-state index in [0.29, 0.717) is 22.8 Å². The van der Waals surface area contributed by atoms with E-state index >= 15 is 4.39 Å². The van der Waals surface area contributed by atoms with Gasteiger partial charge in [0.15, 0.2) is 11.6 Å². The number of alkyl halides is 3. The molecule has 5 nitrogen and oxygen atoms in total. The summed E-state index contributed by atoms with van der Waals surface area (Å²) >= 11 is 5.62. The zero-order valence-corrected chi connectivity index (χ0v) is 18.4. The van der Waals surface area contributed by atoms with Crippen LogP contribution in [0, 0.1) is 18.6 Å². The van der Waals surface area contributed by atoms with Gasteiger partial charge in [-0.2, -0.15) is 13.2 Å². The number of aromatic nitrogens is 2. The van der Waals surface area contributed by atoms with Crippen molar-refractivity contribution in [2.24, 2.45) is 0 Å². The smallest absolute Gasteiger partial charge is 0.319 e. The van der Waals surface area contributed by atoms with E-state index in [1.165, 1.54) is 24.4 Å². The molecule has 1 heterocycles. The number of anilines is 1. The average Bonchev–Trinajstić information content (AvgIpc) is 2.79. The van der Waals surface area contributed by atoms with Crippen LogP contribution in [0.15, 0.2) is 54.7 Å². The molecule has 0 atom stereocenters. The Morgan fingerprint density at radius 2 is 1.66 bits per heavy atom. The summed E-state index contributed by atoms with van der Waals surface area (Å²) in [4.78, 5) is 33.8. The van der Waals surface area contributed by atoms with Gasteiger partial charge >= 0.3 is 6.18 Å². The number of hydrogen-bond donors (Lipinski definition) is 1. The zero-order chi connectivity index (χ0) is 25.5. The normalized spacial score (nSPS) is 11.5. The Bertz CT molecular complexity index is 1510. The minimum Gasteiger partial charge on any atom is -0.319 e. The molecule has 1 N–H and O–H groups in total. The monoisotopic (exact) mass is 505 g/mol. The Hall–Kier alpha value is -3.92. The largest absolute Gasteiger partial charge is 0.417 e. The first-order chi connectivity index (χ1) is 16.5. The van der Waals surface area contributed by atoms with Crippen molar-refractivity contribution < 1.29 is 31.5 Å². The SMILES string of the molecule is Cc1cnc2ccc(C(=O)c3c(F)ccc(NC(=O)c4ccc(C(F)(F)F)c(Cl)c4)c3F)cc2n1. The molecule has 0 bridgehead atoms. The highest BCUT2D eigenvalue weighted by atomic mass is 35.5. The molecule has 35 heavy (non-hydrogen) atoms. The average molecular weight is 506 g/mol. The van der Waals surface area contributed by atoms with E-state index in [4.69, 9.17) is 11.6 Å². The number of aryl methyl sites for hydroxylation is 1. The number of nitrogens with one attached hydrogen (secondary N) is 1. The van der Waals surface area contributed by atoms with Gasteiger partial charge in [0.1, 0.15) is 5.82 Å². The van der Waals surface area contributed by atoms with E-state index in [0.717, 1.165) is 24.3 Å². The molecule has 0 fully saturated rings. The van der Waals surface area contributed by atoms with E-state index in [-0.39, 0.29) is 11.1 Å². The number of fused-ring (bicyclic) bond motifs is 1.